The van der Waals surface area contributed by atoms with Crippen LogP contribution in [0.5, 0.6) is 0 Å². The van der Waals surface area contributed by atoms with Crippen molar-refractivity contribution in [2.24, 2.45) is 4.99 Å². The Morgan fingerprint density at radius 2 is 1.83 bits per heavy atom. The van der Waals surface area contributed by atoms with Gasteiger partial charge in [0.2, 0.25) is 6.08 Å². The van der Waals surface area contributed by atoms with Crippen LogP contribution in [0.3, 0.4) is 0 Å². The van der Waals surface area contributed by atoms with Crippen LogP contribution < -0.4 is 0 Å². The highest BCUT2D eigenvalue weighted by Crippen LogP contribution is 2.44. The fourth-order valence-electron chi connectivity index (χ4n) is 2.40. The SMILES string of the molecule is O=C=NC1(c2cc(F)c(Br)c(F)c2F)CCCC1. The number of isocyanates is 1. The van der Waals surface area contributed by atoms with E-state index in [-0.39, 0.29) is 5.56 Å². The second-order valence-corrected chi connectivity index (χ2v) is 5.08. The first kappa shape index (κ1) is 13.3. The lowest BCUT2D eigenvalue weighted by Crippen LogP contribution is -2.22. The number of rotatable bonds is 2. The molecular weight excluding hydrogens is 311 g/mol. The molecular formula is C12H9BrF3NO. The van der Waals surface area contributed by atoms with E-state index in [9.17, 15) is 18.0 Å². The number of halogens is 4. The Morgan fingerprint density at radius 3 is 2.39 bits per heavy atom. The summed E-state index contributed by atoms with van der Waals surface area (Å²) in [5.74, 6) is -3.36. The van der Waals surface area contributed by atoms with E-state index in [4.69, 9.17) is 0 Å². The molecule has 1 fully saturated rings. The van der Waals surface area contributed by atoms with Crippen LogP contribution in [0.4, 0.5) is 13.2 Å². The molecule has 0 N–H and O–H groups in total. The molecule has 96 valence electrons. The van der Waals surface area contributed by atoms with Crippen molar-refractivity contribution in [3.05, 3.63) is 33.6 Å². The minimum atomic E-state index is -1.29. The second kappa shape index (κ2) is 4.86. The largest absolute Gasteiger partial charge is 0.235 e. The van der Waals surface area contributed by atoms with Crippen LogP contribution in [-0.2, 0) is 10.3 Å². The van der Waals surface area contributed by atoms with E-state index in [2.05, 4.69) is 20.9 Å². The molecule has 0 atom stereocenters. The van der Waals surface area contributed by atoms with Gasteiger partial charge in [0.05, 0.1) is 4.47 Å². The number of benzene rings is 1. The Hall–Kier alpha value is -1.13. The lowest BCUT2D eigenvalue weighted by molar-refractivity contribution is 0.402. The normalized spacial score (nSPS) is 17.6. The highest BCUT2D eigenvalue weighted by molar-refractivity contribution is 9.10. The van der Waals surface area contributed by atoms with E-state index in [0.717, 1.165) is 18.9 Å². The summed E-state index contributed by atoms with van der Waals surface area (Å²) in [5, 5.41) is 0. The van der Waals surface area contributed by atoms with E-state index in [1.807, 2.05) is 0 Å². The third-order valence-electron chi connectivity index (χ3n) is 3.29. The first-order chi connectivity index (χ1) is 8.52. The highest BCUT2D eigenvalue weighted by Gasteiger charge is 2.39. The first-order valence-electron chi connectivity index (χ1n) is 5.44. The summed E-state index contributed by atoms with van der Waals surface area (Å²) in [4.78, 5) is 14.1. The van der Waals surface area contributed by atoms with Crippen molar-refractivity contribution in [1.29, 1.82) is 0 Å². The van der Waals surface area contributed by atoms with Gasteiger partial charge in [0, 0.05) is 5.56 Å². The quantitative estimate of drug-likeness (QED) is 0.351. The maximum absolute atomic E-state index is 13.9. The minimum absolute atomic E-state index is 0.207. The Balaban J connectivity index is 2.66. The summed E-state index contributed by atoms with van der Waals surface area (Å²) in [5.41, 5.74) is -1.38. The molecule has 18 heavy (non-hydrogen) atoms. The van der Waals surface area contributed by atoms with Gasteiger partial charge >= 0.3 is 0 Å². The lowest BCUT2D eigenvalue weighted by atomic mass is 9.88. The Labute approximate surface area is 110 Å². The summed E-state index contributed by atoms with van der Waals surface area (Å²) in [7, 11) is 0. The Bertz CT molecular complexity index is 535. The van der Waals surface area contributed by atoms with Crippen molar-refractivity contribution in [2.75, 3.05) is 0 Å². The first-order valence-corrected chi connectivity index (χ1v) is 6.23. The molecule has 2 rings (SSSR count). The monoisotopic (exact) mass is 319 g/mol. The molecule has 1 aliphatic carbocycles. The predicted molar refractivity (Wildman–Crippen MR) is 62.3 cm³/mol. The van der Waals surface area contributed by atoms with Crippen molar-refractivity contribution in [3.63, 3.8) is 0 Å². The van der Waals surface area contributed by atoms with Crippen LogP contribution >= 0.6 is 15.9 Å². The van der Waals surface area contributed by atoms with Gasteiger partial charge in [-0.25, -0.2) is 18.0 Å². The molecule has 0 aromatic heterocycles. The molecule has 1 aliphatic rings. The average molecular weight is 320 g/mol. The van der Waals surface area contributed by atoms with Crippen molar-refractivity contribution in [2.45, 2.75) is 31.2 Å². The van der Waals surface area contributed by atoms with Gasteiger partial charge in [-0.15, -0.1) is 0 Å². The maximum Gasteiger partial charge on any atom is 0.235 e. The van der Waals surface area contributed by atoms with Gasteiger partial charge in [0.15, 0.2) is 11.6 Å². The molecule has 6 heteroatoms. The zero-order valence-electron chi connectivity index (χ0n) is 9.27. The third kappa shape index (κ3) is 1.99. The molecule has 1 saturated carbocycles. The predicted octanol–water partition coefficient (Wildman–Crippen LogP) is 3.97. The van der Waals surface area contributed by atoms with E-state index >= 15 is 0 Å². The fraction of sp³-hybridized carbons (Fsp3) is 0.417. The highest BCUT2D eigenvalue weighted by atomic mass is 79.9. The van der Waals surface area contributed by atoms with Crippen molar-refractivity contribution in [3.8, 4) is 0 Å². The molecule has 2 nitrogen and oxygen atoms in total. The minimum Gasteiger partial charge on any atom is -0.211 e. The smallest absolute Gasteiger partial charge is 0.211 e. The molecule has 0 amide bonds. The molecule has 0 heterocycles. The standard InChI is InChI=1S/C12H9BrF3NO/c13-9-8(14)5-7(10(15)11(9)16)12(17-6-18)3-1-2-4-12/h5H,1-4H2. The molecule has 1 aromatic carbocycles. The summed E-state index contributed by atoms with van der Waals surface area (Å²) < 4.78 is 40.4. The Morgan fingerprint density at radius 1 is 1.22 bits per heavy atom. The Kier molecular flexibility index (Phi) is 3.59. The third-order valence-corrected chi connectivity index (χ3v) is 4.02. The van der Waals surface area contributed by atoms with Crippen LogP contribution in [0, 0.1) is 17.5 Å². The van der Waals surface area contributed by atoms with Crippen LogP contribution in [-0.4, -0.2) is 6.08 Å². The van der Waals surface area contributed by atoms with Gasteiger partial charge in [-0.05, 0) is 34.8 Å². The summed E-state index contributed by atoms with van der Waals surface area (Å²) >= 11 is 2.63. The van der Waals surface area contributed by atoms with Crippen LogP contribution in [0.25, 0.3) is 0 Å². The van der Waals surface area contributed by atoms with Gasteiger partial charge in [0.1, 0.15) is 11.4 Å². The van der Waals surface area contributed by atoms with Gasteiger partial charge in [-0.2, -0.15) is 4.99 Å². The van der Waals surface area contributed by atoms with Crippen molar-refractivity contribution >= 4 is 22.0 Å². The molecule has 0 bridgehead atoms. The van der Waals surface area contributed by atoms with E-state index in [1.54, 1.807) is 0 Å². The molecule has 0 radical (unpaired) electrons. The number of nitrogens with zero attached hydrogens (tertiary/aromatic N) is 1. The number of hydrogen-bond acceptors (Lipinski definition) is 2. The fourth-order valence-corrected chi connectivity index (χ4v) is 2.69. The molecule has 1 aromatic rings. The lowest BCUT2D eigenvalue weighted by Gasteiger charge is -2.23. The molecule has 0 saturated heterocycles. The maximum atomic E-state index is 13.9. The zero-order valence-corrected chi connectivity index (χ0v) is 10.9. The van der Waals surface area contributed by atoms with E-state index in [1.165, 1.54) is 6.08 Å². The molecule has 0 spiro atoms. The average Bonchev–Trinajstić information content (AvgIpc) is 2.81. The van der Waals surface area contributed by atoms with Crippen LogP contribution in [0.15, 0.2) is 15.5 Å². The van der Waals surface area contributed by atoms with Gasteiger partial charge in [-0.3, -0.25) is 0 Å². The second-order valence-electron chi connectivity index (χ2n) is 4.29. The number of carbonyl (C=O) groups excluding carboxylic acids is 1. The summed E-state index contributed by atoms with van der Waals surface area (Å²) in [6.45, 7) is 0. The summed E-state index contributed by atoms with van der Waals surface area (Å²) in [6, 6.07) is 0.897. The molecule has 0 unspecified atom stereocenters. The van der Waals surface area contributed by atoms with Crippen molar-refractivity contribution < 1.29 is 18.0 Å². The summed E-state index contributed by atoms with van der Waals surface area (Å²) in [6.07, 6.45) is 3.61. The van der Waals surface area contributed by atoms with Crippen LogP contribution in [0.1, 0.15) is 31.2 Å². The van der Waals surface area contributed by atoms with E-state index in [0.29, 0.717) is 12.8 Å². The van der Waals surface area contributed by atoms with Gasteiger partial charge < -0.3 is 0 Å². The number of aliphatic imine (C=N–C) groups is 1. The topological polar surface area (TPSA) is 29.4 Å². The molecule has 0 aliphatic heterocycles. The van der Waals surface area contributed by atoms with Gasteiger partial charge in [0.25, 0.3) is 0 Å². The zero-order chi connectivity index (χ0) is 13.3. The van der Waals surface area contributed by atoms with E-state index < -0.39 is 27.5 Å². The van der Waals surface area contributed by atoms with Crippen LogP contribution in [0.2, 0.25) is 0 Å². The van der Waals surface area contributed by atoms with Crippen molar-refractivity contribution in [1.82, 2.24) is 0 Å². The number of hydrogen-bond donors (Lipinski definition) is 0. The van der Waals surface area contributed by atoms with Gasteiger partial charge in [-0.1, -0.05) is 12.8 Å².